The second-order valence-corrected chi connectivity index (χ2v) is 8.51. The van der Waals surface area contributed by atoms with E-state index in [0.717, 1.165) is 23.3 Å². The van der Waals surface area contributed by atoms with Crippen molar-refractivity contribution in [2.45, 2.75) is 32.4 Å². The summed E-state index contributed by atoms with van der Waals surface area (Å²) in [5.74, 6) is -0.914. The number of likely N-dealkylation sites (tertiary alicyclic amines) is 1. The highest BCUT2D eigenvalue weighted by Crippen LogP contribution is 2.42. The van der Waals surface area contributed by atoms with E-state index < -0.39 is 17.7 Å². The molecule has 2 aromatic heterocycles. The number of carbonyl (C=O) groups excluding carboxylic acids is 2. The Balaban J connectivity index is 1.74. The van der Waals surface area contributed by atoms with Gasteiger partial charge in [0.05, 0.1) is 18.2 Å². The van der Waals surface area contributed by atoms with Crippen LogP contribution in [0, 0.1) is 0 Å². The molecule has 0 bridgehead atoms. The van der Waals surface area contributed by atoms with E-state index in [-0.39, 0.29) is 17.9 Å². The molecular formula is C25H24N2O4S. The third-order valence-electron chi connectivity index (χ3n) is 5.30. The van der Waals surface area contributed by atoms with Crippen molar-refractivity contribution in [2.75, 3.05) is 6.61 Å². The number of hydrogen-bond donors (Lipinski definition) is 1. The molecule has 1 aromatic carbocycles. The molecule has 1 saturated heterocycles. The first kappa shape index (κ1) is 21.8. The van der Waals surface area contributed by atoms with Crippen molar-refractivity contribution in [1.29, 1.82) is 0 Å². The lowest BCUT2D eigenvalue weighted by molar-refractivity contribution is -0.140. The van der Waals surface area contributed by atoms with Crippen LogP contribution in [0.15, 0.2) is 71.9 Å². The number of unbranched alkanes of at least 4 members (excludes halogenated alkanes) is 1. The molecule has 7 heteroatoms. The minimum atomic E-state index is -0.693. The fourth-order valence-electron chi connectivity index (χ4n) is 3.70. The van der Waals surface area contributed by atoms with Crippen molar-refractivity contribution in [3.8, 4) is 5.75 Å². The van der Waals surface area contributed by atoms with E-state index in [1.165, 1.54) is 16.2 Å². The number of hydrogen-bond acceptors (Lipinski definition) is 6. The SMILES string of the molecule is CCCCOc1cccc(/C(O)=C2\C(=O)C(=O)N(Cc3cccnc3)C2c2cccs2)c1. The van der Waals surface area contributed by atoms with Crippen LogP contribution in [0.5, 0.6) is 5.75 Å². The summed E-state index contributed by atoms with van der Waals surface area (Å²) in [5, 5.41) is 13.1. The highest BCUT2D eigenvalue weighted by atomic mass is 32.1. The second kappa shape index (κ2) is 9.78. The zero-order valence-electron chi connectivity index (χ0n) is 17.7. The number of carbonyl (C=O) groups is 2. The highest BCUT2D eigenvalue weighted by molar-refractivity contribution is 7.10. The van der Waals surface area contributed by atoms with Crippen LogP contribution in [-0.4, -0.2) is 33.3 Å². The Morgan fingerprint density at radius 3 is 2.78 bits per heavy atom. The molecule has 1 aliphatic rings. The number of thiophene rings is 1. The van der Waals surface area contributed by atoms with E-state index >= 15 is 0 Å². The highest BCUT2D eigenvalue weighted by Gasteiger charge is 2.46. The molecule has 4 rings (SSSR count). The first-order valence-corrected chi connectivity index (χ1v) is 11.4. The van der Waals surface area contributed by atoms with Gasteiger partial charge in [0.1, 0.15) is 11.5 Å². The molecule has 3 aromatic rings. The zero-order chi connectivity index (χ0) is 22.5. The number of amides is 1. The molecule has 1 unspecified atom stereocenters. The standard InChI is InChI=1S/C25H24N2O4S/c1-2-3-12-31-19-9-4-8-18(14-19)23(28)21-22(20-10-6-13-32-20)27(25(30)24(21)29)16-17-7-5-11-26-15-17/h4-11,13-15,22,28H,2-3,12,16H2,1H3/b23-21+. The molecule has 0 spiro atoms. The summed E-state index contributed by atoms with van der Waals surface area (Å²) in [4.78, 5) is 32.5. The van der Waals surface area contributed by atoms with E-state index in [2.05, 4.69) is 11.9 Å². The predicted molar refractivity (Wildman–Crippen MR) is 123 cm³/mol. The summed E-state index contributed by atoms with van der Waals surface area (Å²) in [5.41, 5.74) is 1.34. The third kappa shape index (κ3) is 4.43. The van der Waals surface area contributed by atoms with E-state index in [9.17, 15) is 14.7 Å². The number of benzene rings is 1. The number of ether oxygens (including phenoxy) is 1. The number of aliphatic hydroxyl groups is 1. The molecular weight excluding hydrogens is 424 g/mol. The number of rotatable bonds is 8. The minimum absolute atomic E-state index is 0.0899. The number of aliphatic hydroxyl groups excluding tert-OH is 1. The summed E-state index contributed by atoms with van der Waals surface area (Å²) in [6.45, 7) is 2.88. The average molecular weight is 449 g/mol. The molecule has 3 heterocycles. The largest absolute Gasteiger partial charge is 0.507 e. The fourth-order valence-corrected chi connectivity index (χ4v) is 4.54. The van der Waals surface area contributed by atoms with Gasteiger partial charge in [0.15, 0.2) is 0 Å². The maximum absolute atomic E-state index is 13.1. The lowest BCUT2D eigenvalue weighted by atomic mass is 9.99. The van der Waals surface area contributed by atoms with Crippen molar-refractivity contribution >= 4 is 28.8 Å². The van der Waals surface area contributed by atoms with Gasteiger partial charge >= 0.3 is 0 Å². The average Bonchev–Trinajstić information content (AvgIpc) is 3.43. The van der Waals surface area contributed by atoms with Crippen LogP contribution in [0.4, 0.5) is 0 Å². The Hall–Kier alpha value is -3.45. The summed E-state index contributed by atoms with van der Waals surface area (Å²) in [6, 6.07) is 13.7. The Bertz CT molecular complexity index is 1130. The van der Waals surface area contributed by atoms with Crippen LogP contribution >= 0.6 is 11.3 Å². The van der Waals surface area contributed by atoms with Crippen LogP contribution in [0.3, 0.4) is 0 Å². The summed E-state index contributed by atoms with van der Waals surface area (Å²) >= 11 is 1.44. The Morgan fingerprint density at radius 2 is 2.06 bits per heavy atom. The second-order valence-electron chi connectivity index (χ2n) is 7.53. The third-order valence-corrected chi connectivity index (χ3v) is 6.23. The van der Waals surface area contributed by atoms with E-state index in [1.54, 1.807) is 36.7 Å². The Kier molecular flexibility index (Phi) is 6.66. The van der Waals surface area contributed by atoms with Crippen molar-refractivity contribution in [3.63, 3.8) is 0 Å². The quantitative estimate of drug-likeness (QED) is 0.228. The van der Waals surface area contributed by atoms with E-state index in [4.69, 9.17) is 4.74 Å². The summed E-state index contributed by atoms with van der Waals surface area (Å²) in [7, 11) is 0. The molecule has 0 aliphatic carbocycles. The topological polar surface area (TPSA) is 79.7 Å². The van der Waals surface area contributed by atoms with Crippen molar-refractivity contribution < 1.29 is 19.4 Å². The molecule has 1 atom stereocenters. The lowest BCUT2D eigenvalue weighted by Crippen LogP contribution is -2.28. The van der Waals surface area contributed by atoms with Gasteiger partial charge in [0.25, 0.3) is 11.7 Å². The van der Waals surface area contributed by atoms with Gasteiger partial charge in [0, 0.05) is 29.4 Å². The molecule has 6 nitrogen and oxygen atoms in total. The van der Waals surface area contributed by atoms with Crippen molar-refractivity contribution in [3.05, 3.63) is 87.9 Å². The molecule has 0 saturated carbocycles. The molecule has 32 heavy (non-hydrogen) atoms. The number of ketones is 1. The normalized spacial score (nSPS) is 17.7. The van der Waals surface area contributed by atoms with Gasteiger partial charge in [-0.1, -0.05) is 37.6 Å². The van der Waals surface area contributed by atoms with Crippen LogP contribution in [0.2, 0.25) is 0 Å². The van der Waals surface area contributed by atoms with Gasteiger partial charge in [-0.25, -0.2) is 0 Å². The first-order chi connectivity index (χ1) is 15.6. The first-order valence-electron chi connectivity index (χ1n) is 10.5. The number of nitrogens with zero attached hydrogens (tertiary/aromatic N) is 2. The Labute approximate surface area is 190 Å². The van der Waals surface area contributed by atoms with Gasteiger partial charge < -0.3 is 14.7 Å². The summed E-state index contributed by atoms with van der Waals surface area (Å²) < 4.78 is 5.75. The van der Waals surface area contributed by atoms with Crippen LogP contribution < -0.4 is 4.74 Å². The van der Waals surface area contributed by atoms with Crippen LogP contribution in [0.1, 0.15) is 41.8 Å². The maximum atomic E-state index is 13.1. The van der Waals surface area contributed by atoms with Crippen molar-refractivity contribution in [1.82, 2.24) is 9.88 Å². The maximum Gasteiger partial charge on any atom is 0.295 e. The number of Topliss-reactive ketones (excluding diaryl/α,β-unsaturated/α-hetero) is 1. The van der Waals surface area contributed by atoms with Crippen molar-refractivity contribution in [2.24, 2.45) is 0 Å². The minimum Gasteiger partial charge on any atom is -0.507 e. The van der Waals surface area contributed by atoms with Gasteiger partial charge in [0.2, 0.25) is 0 Å². The van der Waals surface area contributed by atoms with Gasteiger partial charge in [-0.05, 0) is 41.6 Å². The molecule has 1 aliphatic heterocycles. The predicted octanol–water partition coefficient (Wildman–Crippen LogP) is 4.94. The number of aromatic nitrogens is 1. The number of pyridine rings is 1. The molecule has 0 radical (unpaired) electrons. The van der Waals surface area contributed by atoms with Gasteiger partial charge in [-0.15, -0.1) is 11.3 Å². The zero-order valence-corrected chi connectivity index (χ0v) is 18.5. The fraction of sp³-hybridized carbons (Fsp3) is 0.240. The van der Waals surface area contributed by atoms with Gasteiger partial charge in [-0.2, -0.15) is 0 Å². The molecule has 1 fully saturated rings. The smallest absolute Gasteiger partial charge is 0.295 e. The lowest BCUT2D eigenvalue weighted by Gasteiger charge is -2.24. The monoisotopic (exact) mass is 448 g/mol. The van der Waals surface area contributed by atoms with E-state index in [0.29, 0.717) is 17.9 Å². The van der Waals surface area contributed by atoms with Crippen LogP contribution in [0.25, 0.3) is 5.76 Å². The van der Waals surface area contributed by atoms with Crippen LogP contribution in [-0.2, 0) is 16.1 Å². The summed E-state index contributed by atoms with van der Waals surface area (Å²) in [6.07, 6.45) is 5.26. The molecule has 164 valence electrons. The van der Waals surface area contributed by atoms with E-state index in [1.807, 2.05) is 29.6 Å². The van der Waals surface area contributed by atoms with Gasteiger partial charge in [-0.3, -0.25) is 14.6 Å². The Morgan fingerprint density at radius 1 is 1.19 bits per heavy atom. The molecule has 1 amide bonds. The molecule has 1 N–H and O–H groups in total.